The van der Waals surface area contributed by atoms with Crippen molar-refractivity contribution in [1.29, 1.82) is 0 Å². The second kappa shape index (κ2) is 7.13. The molecule has 1 aromatic carbocycles. The normalized spacial score (nSPS) is 19.7. The van der Waals surface area contributed by atoms with E-state index < -0.39 is 0 Å². The van der Waals surface area contributed by atoms with Gasteiger partial charge in [-0.3, -0.25) is 19.3 Å². The largest absolute Gasteiger partial charge is 0.376 e. The summed E-state index contributed by atoms with van der Waals surface area (Å²) >= 11 is 0. The summed E-state index contributed by atoms with van der Waals surface area (Å²) in [6, 6.07) is 5.26. The summed E-state index contributed by atoms with van der Waals surface area (Å²) in [5.74, 6) is -0.605. The number of hydrogen-bond acceptors (Lipinski definition) is 4. The van der Waals surface area contributed by atoms with Gasteiger partial charge in [0.15, 0.2) is 0 Å². The molecule has 1 atom stereocenters. The summed E-state index contributed by atoms with van der Waals surface area (Å²) in [5, 5.41) is 2.84. The molecule has 1 fully saturated rings. The first-order valence-corrected chi connectivity index (χ1v) is 8.41. The number of aryl methyl sites for hydroxylation is 1. The van der Waals surface area contributed by atoms with Gasteiger partial charge in [-0.2, -0.15) is 0 Å². The molecule has 2 aliphatic rings. The fourth-order valence-electron chi connectivity index (χ4n) is 3.13. The van der Waals surface area contributed by atoms with Crippen molar-refractivity contribution < 1.29 is 19.1 Å². The number of nitrogens with zero attached hydrogens (tertiary/aromatic N) is 1. The third-order valence-electron chi connectivity index (χ3n) is 4.46. The number of amides is 3. The minimum Gasteiger partial charge on any atom is -0.376 e. The van der Waals surface area contributed by atoms with E-state index in [-0.39, 0.29) is 30.4 Å². The lowest BCUT2D eigenvalue weighted by atomic mass is 10.1. The van der Waals surface area contributed by atoms with Gasteiger partial charge in [0, 0.05) is 26.1 Å². The van der Waals surface area contributed by atoms with Crippen molar-refractivity contribution >= 4 is 17.7 Å². The van der Waals surface area contributed by atoms with Gasteiger partial charge in [-0.15, -0.1) is 0 Å². The average Bonchev–Trinajstić information content (AvgIpc) is 3.16. The molecule has 2 aliphatic heterocycles. The maximum Gasteiger partial charge on any atom is 0.261 e. The second-order valence-electron chi connectivity index (χ2n) is 6.35. The predicted molar refractivity (Wildman–Crippen MR) is 87.8 cm³/mol. The van der Waals surface area contributed by atoms with Crippen LogP contribution < -0.4 is 5.32 Å². The van der Waals surface area contributed by atoms with Gasteiger partial charge >= 0.3 is 0 Å². The Morgan fingerprint density at radius 1 is 1.29 bits per heavy atom. The molecular formula is C18H22N2O4. The van der Waals surface area contributed by atoms with Crippen molar-refractivity contribution in [1.82, 2.24) is 10.2 Å². The Morgan fingerprint density at radius 3 is 2.83 bits per heavy atom. The molecule has 128 valence electrons. The summed E-state index contributed by atoms with van der Waals surface area (Å²) < 4.78 is 5.45. The SMILES string of the molecule is Cc1ccc2c(c1)C(=O)N(CCCC(=O)NC[C@H]1CCCO1)C2=O. The molecule has 0 bridgehead atoms. The van der Waals surface area contributed by atoms with Gasteiger partial charge in [-0.05, 0) is 38.3 Å². The van der Waals surface area contributed by atoms with Gasteiger partial charge in [0.05, 0.1) is 17.2 Å². The maximum absolute atomic E-state index is 12.3. The summed E-state index contributed by atoms with van der Waals surface area (Å²) in [6.45, 7) is 3.45. The average molecular weight is 330 g/mol. The van der Waals surface area contributed by atoms with Gasteiger partial charge in [-0.1, -0.05) is 11.6 Å². The topological polar surface area (TPSA) is 75.7 Å². The van der Waals surface area contributed by atoms with Gasteiger partial charge in [-0.25, -0.2) is 0 Å². The van der Waals surface area contributed by atoms with Crippen LogP contribution in [0.3, 0.4) is 0 Å². The van der Waals surface area contributed by atoms with Crippen LogP contribution in [0.2, 0.25) is 0 Å². The molecule has 24 heavy (non-hydrogen) atoms. The molecule has 1 aromatic rings. The van der Waals surface area contributed by atoms with E-state index in [1.807, 2.05) is 13.0 Å². The molecule has 1 saturated heterocycles. The van der Waals surface area contributed by atoms with Crippen LogP contribution in [0.25, 0.3) is 0 Å². The van der Waals surface area contributed by atoms with E-state index in [1.165, 1.54) is 4.90 Å². The van der Waals surface area contributed by atoms with Crippen molar-refractivity contribution in [3.05, 3.63) is 34.9 Å². The minimum absolute atomic E-state index is 0.0713. The highest BCUT2D eigenvalue weighted by atomic mass is 16.5. The third-order valence-corrected chi connectivity index (χ3v) is 4.46. The predicted octanol–water partition coefficient (Wildman–Crippen LogP) is 1.67. The zero-order valence-corrected chi connectivity index (χ0v) is 13.8. The number of benzene rings is 1. The Kier molecular flexibility index (Phi) is 4.94. The van der Waals surface area contributed by atoms with Crippen molar-refractivity contribution in [2.75, 3.05) is 19.7 Å². The van der Waals surface area contributed by atoms with Crippen LogP contribution >= 0.6 is 0 Å². The highest BCUT2D eigenvalue weighted by Crippen LogP contribution is 2.24. The highest BCUT2D eigenvalue weighted by molar-refractivity contribution is 6.21. The molecule has 0 aromatic heterocycles. The van der Waals surface area contributed by atoms with E-state index in [2.05, 4.69) is 5.32 Å². The Bertz CT molecular complexity index is 665. The Morgan fingerprint density at radius 2 is 2.08 bits per heavy atom. The molecular weight excluding hydrogens is 308 g/mol. The number of ether oxygens (including phenoxy) is 1. The lowest BCUT2D eigenvalue weighted by Crippen LogP contribution is -2.34. The van der Waals surface area contributed by atoms with Crippen LogP contribution in [0, 0.1) is 6.92 Å². The summed E-state index contributed by atoms with van der Waals surface area (Å²) in [5.41, 5.74) is 1.86. The first kappa shape index (κ1) is 16.6. The maximum atomic E-state index is 12.3. The minimum atomic E-state index is -0.269. The molecule has 6 nitrogen and oxygen atoms in total. The van der Waals surface area contributed by atoms with E-state index in [4.69, 9.17) is 4.74 Å². The summed E-state index contributed by atoms with van der Waals surface area (Å²) in [7, 11) is 0. The van der Waals surface area contributed by atoms with Crippen LogP contribution in [0.4, 0.5) is 0 Å². The fourth-order valence-corrected chi connectivity index (χ4v) is 3.13. The Hall–Kier alpha value is -2.21. The van der Waals surface area contributed by atoms with Crippen LogP contribution in [-0.4, -0.2) is 48.4 Å². The third kappa shape index (κ3) is 3.48. The smallest absolute Gasteiger partial charge is 0.261 e. The zero-order valence-electron chi connectivity index (χ0n) is 13.8. The molecule has 6 heteroatoms. The number of fused-ring (bicyclic) bond motifs is 1. The molecule has 3 amide bonds. The van der Waals surface area contributed by atoms with E-state index in [0.29, 0.717) is 30.5 Å². The molecule has 1 N–H and O–H groups in total. The van der Waals surface area contributed by atoms with Crippen molar-refractivity contribution in [2.24, 2.45) is 0 Å². The molecule has 0 aliphatic carbocycles. The summed E-state index contributed by atoms with van der Waals surface area (Å²) in [6.07, 6.45) is 2.89. The van der Waals surface area contributed by atoms with Crippen molar-refractivity contribution in [3.8, 4) is 0 Å². The zero-order chi connectivity index (χ0) is 17.1. The number of nitrogens with one attached hydrogen (secondary N) is 1. The summed E-state index contributed by atoms with van der Waals surface area (Å²) in [4.78, 5) is 37.7. The number of imide groups is 1. The van der Waals surface area contributed by atoms with Crippen molar-refractivity contribution in [3.63, 3.8) is 0 Å². The van der Waals surface area contributed by atoms with Gasteiger partial charge in [0.2, 0.25) is 5.91 Å². The van der Waals surface area contributed by atoms with Gasteiger partial charge in [0.1, 0.15) is 0 Å². The van der Waals surface area contributed by atoms with Gasteiger partial charge in [0.25, 0.3) is 11.8 Å². The number of carbonyl (C=O) groups excluding carboxylic acids is 3. The Labute approximate surface area is 141 Å². The highest BCUT2D eigenvalue weighted by Gasteiger charge is 2.34. The molecule has 2 heterocycles. The van der Waals surface area contributed by atoms with E-state index in [9.17, 15) is 14.4 Å². The molecule has 0 radical (unpaired) electrons. The molecule has 0 unspecified atom stereocenters. The second-order valence-corrected chi connectivity index (χ2v) is 6.35. The van der Waals surface area contributed by atoms with E-state index >= 15 is 0 Å². The van der Waals surface area contributed by atoms with Crippen LogP contribution in [0.15, 0.2) is 18.2 Å². The van der Waals surface area contributed by atoms with Crippen LogP contribution in [0.1, 0.15) is 52.0 Å². The van der Waals surface area contributed by atoms with Crippen LogP contribution in [-0.2, 0) is 9.53 Å². The van der Waals surface area contributed by atoms with E-state index in [0.717, 1.165) is 25.0 Å². The van der Waals surface area contributed by atoms with Crippen LogP contribution in [0.5, 0.6) is 0 Å². The number of hydrogen-bond donors (Lipinski definition) is 1. The molecule has 3 rings (SSSR count). The molecule has 0 saturated carbocycles. The van der Waals surface area contributed by atoms with Crippen molar-refractivity contribution in [2.45, 2.75) is 38.7 Å². The first-order valence-electron chi connectivity index (χ1n) is 8.41. The fraction of sp³-hybridized carbons (Fsp3) is 0.500. The lowest BCUT2D eigenvalue weighted by molar-refractivity contribution is -0.121. The number of carbonyl (C=O) groups is 3. The number of rotatable bonds is 6. The standard InChI is InChI=1S/C18H22N2O4/c1-12-6-7-14-15(10-12)18(23)20(17(14)22)8-2-5-16(21)19-11-13-4-3-9-24-13/h6-7,10,13H,2-5,8-9,11H2,1H3,(H,19,21)/t13-/m1/s1. The molecule has 0 spiro atoms. The Balaban J connectivity index is 1.46. The monoisotopic (exact) mass is 330 g/mol. The first-order chi connectivity index (χ1) is 11.6. The lowest BCUT2D eigenvalue weighted by Gasteiger charge is -2.14. The van der Waals surface area contributed by atoms with Gasteiger partial charge < -0.3 is 10.1 Å². The quantitative estimate of drug-likeness (QED) is 0.805. The van der Waals surface area contributed by atoms with E-state index in [1.54, 1.807) is 12.1 Å².